The molecule has 2 heterocycles. The zero-order valence-electron chi connectivity index (χ0n) is 10.7. The average molecular weight is 269 g/mol. The van der Waals surface area contributed by atoms with Crippen LogP contribution < -0.4 is 5.73 Å². The van der Waals surface area contributed by atoms with E-state index in [9.17, 15) is 0 Å². The molecule has 0 radical (unpaired) electrons. The number of thioether (sulfide) groups is 1. The van der Waals surface area contributed by atoms with E-state index in [-0.39, 0.29) is 0 Å². The maximum absolute atomic E-state index is 5.94. The maximum Gasteiger partial charge on any atom is 0.137 e. The Labute approximate surface area is 116 Å². The molecule has 0 aliphatic rings. The highest BCUT2D eigenvalue weighted by molar-refractivity contribution is 7.98. The summed E-state index contributed by atoms with van der Waals surface area (Å²) in [5.41, 5.74) is 10.0. The summed E-state index contributed by atoms with van der Waals surface area (Å²) in [4.78, 5) is 5.73. The van der Waals surface area contributed by atoms with Crippen LogP contribution in [0.5, 0.6) is 0 Å². The molecule has 3 rings (SSSR count). The summed E-state index contributed by atoms with van der Waals surface area (Å²) in [6, 6.07) is 14.1. The molecule has 0 aliphatic heterocycles. The van der Waals surface area contributed by atoms with E-state index >= 15 is 0 Å². The average Bonchev–Trinajstić information content (AvgIpc) is 2.82. The Bertz CT molecular complexity index is 718. The fraction of sp³-hybridized carbons (Fsp3) is 0.133. The van der Waals surface area contributed by atoms with E-state index in [0.29, 0.717) is 0 Å². The molecule has 0 bridgehead atoms. The predicted molar refractivity (Wildman–Crippen MR) is 80.3 cm³/mol. The lowest BCUT2D eigenvalue weighted by molar-refractivity contribution is 1.09. The molecule has 0 fully saturated rings. The van der Waals surface area contributed by atoms with Gasteiger partial charge in [0.1, 0.15) is 5.65 Å². The first-order valence-corrected chi connectivity index (χ1v) is 7.13. The summed E-state index contributed by atoms with van der Waals surface area (Å²) in [5, 5.41) is 0. The highest BCUT2D eigenvalue weighted by Crippen LogP contribution is 2.27. The molecule has 0 atom stereocenters. The fourth-order valence-corrected chi connectivity index (χ4v) is 2.88. The number of para-hydroxylation sites is 1. The largest absolute Gasteiger partial charge is 0.398 e. The third kappa shape index (κ3) is 2.44. The number of imidazole rings is 1. The normalized spacial score (nSPS) is 11.0. The first kappa shape index (κ1) is 12.1. The number of aryl methyl sites for hydroxylation is 1. The van der Waals surface area contributed by atoms with Gasteiger partial charge in [0, 0.05) is 28.2 Å². The van der Waals surface area contributed by atoms with Gasteiger partial charge in [0.05, 0.1) is 5.69 Å². The number of nitrogens with two attached hydrogens (primary N) is 1. The van der Waals surface area contributed by atoms with E-state index in [1.165, 1.54) is 5.69 Å². The zero-order chi connectivity index (χ0) is 13.2. The van der Waals surface area contributed by atoms with E-state index in [2.05, 4.69) is 28.6 Å². The molecule has 0 aliphatic carbocycles. The van der Waals surface area contributed by atoms with Crippen molar-refractivity contribution in [2.75, 3.05) is 5.73 Å². The van der Waals surface area contributed by atoms with Crippen LogP contribution in [0.3, 0.4) is 0 Å². The van der Waals surface area contributed by atoms with E-state index in [4.69, 9.17) is 5.73 Å². The van der Waals surface area contributed by atoms with Crippen LogP contribution >= 0.6 is 11.8 Å². The number of hydrogen-bond donors (Lipinski definition) is 1. The smallest absolute Gasteiger partial charge is 0.137 e. The summed E-state index contributed by atoms with van der Waals surface area (Å²) in [6.07, 6.45) is 2.09. The van der Waals surface area contributed by atoms with Crippen molar-refractivity contribution in [3.8, 4) is 0 Å². The van der Waals surface area contributed by atoms with Gasteiger partial charge in [-0.3, -0.25) is 0 Å². The van der Waals surface area contributed by atoms with Crippen LogP contribution in [-0.2, 0) is 5.75 Å². The lowest BCUT2D eigenvalue weighted by atomic mass is 10.3. The minimum absolute atomic E-state index is 0.826. The van der Waals surface area contributed by atoms with Gasteiger partial charge in [0.2, 0.25) is 0 Å². The second-order valence-electron chi connectivity index (χ2n) is 4.45. The first-order chi connectivity index (χ1) is 9.24. The number of nitrogen functional groups attached to an aromatic ring is 1. The highest BCUT2D eigenvalue weighted by Gasteiger charge is 2.05. The van der Waals surface area contributed by atoms with E-state index in [0.717, 1.165) is 27.7 Å². The summed E-state index contributed by atoms with van der Waals surface area (Å²) >= 11 is 1.72. The number of pyridine rings is 1. The maximum atomic E-state index is 5.94. The zero-order valence-corrected chi connectivity index (χ0v) is 11.5. The van der Waals surface area contributed by atoms with Crippen LogP contribution in [0.15, 0.2) is 53.6 Å². The third-order valence-corrected chi connectivity index (χ3v) is 4.16. The molecular formula is C15H15N3S. The quantitative estimate of drug-likeness (QED) is 0.584. The number of aromatic nitrogens is 2. The van der Waals surface area contributed by atoms with Crippen LogP contribution in [0, 0.1) is 6.92 Å². The Balaban J connectivity index is 1.83. The predicted octanol–water partition coefficient (Wildman–Crippen LogP) is 3.52. The molecule has 19 heavy (non-hydrogen) atoms. The van der Waals surface area contributed by atoms with Gasteiger partial charge >= 0.3 is 0 Å². The molecule has 0 amide bonds. The molecule has 0 unspecified atom stereocenters. The topological polar surface area (TPSA) is 43.3 Å². The van der Waals surface area contributed by atoms with Crippen molar-refractivity contribution in [2.24, 2.45) is 0 Å². The first-order valence-electron chi connectivity index (χ1n) is 6.15. The lowest BCUT2D eigenvalue weighted by Gasteiger charge is -2.02. The van der Waals surface area contributed by atoms with Crippen molar-refractivity contribution in [3.63, 3.8) is 0 Å². The number of rotatable bonds is 3. The molecule has 3 aromatic rings. The van der Waals surface area contributed by atoms with Gasteiger partial charge in [-0.2, -0.15) is 0 Å². The van der Waals surface area contributed by atoms with Gasteiger partial charge in [0.25, 0.3) is 0 Å². The van der Waals surface area contributed by atoms with Crippen molar-refractivity contribution in [1.82, 2.24) is 9.38 Å². The van der Waals surface area contributed by atoms with Crippen LogP contribution in [0.1, 0.15) is 11.4 Å². The standard InChI is InChI=1S/C15H15N3S/c1-11-5-4-8-15-17-12(9-18(11)15)10-19-14-7-3-2-6-13(14)16/h2-9H,10,16H2,1H3. The molecule has 2 N–H and O–H groups in total. The molecule has 4 heteroatoms. The van der Waals surface area contributed by atoms with Crippen LogP contribution in [0.4, 0.5) is 5.69 Å². The highest BCUT2D eigenvalue weighted by atomic mass is 32.2. The SMILES string of the molecule is Cc1cccc2nc(CSc3ccccc3N)cn12. The van der Waals surface area contributed by atoms with Gasteiger partial charge in [0.15, 0.2) is 0 Å². The number of nitrogens with zero attached hydrogens (tertiary/aromatic N) is 2. The molecule has 3 nitrogen and oxygen atoms in total. The number of hydrogen-bond acceptors (Lipinski definition) is 3. The summed E-state index contributed by atoms with van der Waals surface area (Å²) in [7, 11) is 0. The molecule has 0 saturated heterocycles. The minimum Gasteiger partial charge on any atom is -0.398 e. The number of anilines is 1. The number of benzene rings is 1. The monoisotopic (exact) mass is 269 g/mol. The third-order valence-electron chi connectivity index (χ3n) is 3.04. The Morgan fingerprint density at radius 1 is 1.16 bits per heavy atom. The van der Waals surface area contributed by atoms with Crippen molar-refractivity contribution < 1.29 is 0 Å². The van der Waals surface area contributed by atoms with Crippen molar-refractivity contribution in [1.29, 1.82) is 0 Å². The molecule has 0 saturated carbocycles. The van der Waals surface area contributed by atoms with Gasteiger partial charge in [-0.25, -0.2) is 4.98 Å². The molecule has 0 spiro atoms. The van der Waals surface area contributed by atoms with Crippen molar-refractivity contribution >= 4 is 23.1 Å². The second kappa shape index (κ2) is 4.97. The Morgan fingerprint density at radius 2 is 2.00 bits per heavy atom. The van der Waals surface area contributed by atoms with Crippen molar-refractivity contribution in [3.05, 3.63) is 60.0 Å². The molecule has 2 aromatic heterocycles. The van der Waals surface area contributed by atoms with E-state index < -0.39 is 0 Å². The summed E-state index contributed by atoms with van der Waals surface area (Å²) in [5.74, 6) is 0.829. The minimum atomic E-state index is 0.826. The van der Waals surface area contributed by atoms with Gasteiger partial charge < -0.3 is 10.1 Å². The summed E-state index contributed by atoms with van der Waals surface area (Å²) in [6.45, 7) is 2.08. The Kier molecular flexibility index (Phi) is 3.17. The van der Waals surface area contributed by atoms with E-state index in [1.54, 1.807) is 11.8 Å². The summed E-state index contributed by atoms with van der Waals surface area (Å²) < 4.78 is 2.12. The van der Waals surface area contributed by atoms with Crippen LogP contribution in [-0.4, -0.2) is 9.38 Å². The van der Waals surface area contributed by atoms with Crippen LogP contribution in [0.25, 0.3) is 5.65 Å². The second-order valence-corrected chi connectivity index (χ2v) is 5.47. The van der Waals surface area contributed by atoms with Crippen LogP contribution in [0.2, 0.25) is 0 Å². The van der Waals surface area contributed by atoms with Gasteiger partial charge in [-0.15, -0.1) is 11.8 Å². The fourth-order valence-electron chi connectivity index (χ4n) is 2.03. The Morgan fingerprint density at radius 3 is 2.79 bits per heavy atom. The van der Waals surface area contributed by atoms with Crippen molar-refractivity contribution in [2.45, 2.75) is 17.6 Å². The lowest BCUT2D eigenvalue weighted by Crippen LogP contribution is -1.88. The molecular weight excluding hydrogens is 254 g/mol. The van der Waals surface area contributed by atoms with E-state index in [1.807, 2.05) is 36.4 Å². The van der Waals surface area contributed by atoms with Gasteiger partial charge in [-0.05, 0) is 31.2 Å². The van der Waals surface area contributed by atoms with Gasteiger partial charge in [-0.1, -0.05) is 18.2 Å². The Hall–Kier alpha value is -1.94. The molecule has 1 aromatic carbocycles. The molecule has 96 valence electrons. The number of fused-ring (bicyclic) bond motifs is 1.